The number of pyridine rings is 1. The second-order valence-corrected chi connectivity index (χ2v) is 6.19. The molecule has 1 aromatic heterocycles. The van der Waals surface area contributed by atoms with Crippen molar-refractivity contribution < 1.29 is 9.53 Å². The summed E-state index contributed by atoms with van der Waals surface area (Å²) in [6, 6.07) is 5.80. The average molecular weight is 291 g/mol. The Hall–Kier alpha value is -1.62. The highest BCUT2D eigenvalue weighted by Gasteiger charge is 2.33. The number of hydrogen-bond donors (Lipinski definition) is 1. The first-order chi connectivity index (χ1) is 9.93. The Bertz CT molecular complexity index is 504. The van der Waals surface area contributed by atoms with Crippen molar-refractivity contribution in [2.24, 2.45) is 0 Å². The van der Waals surface area contributed by atoms with Crippen LogP contribution in [-0.2, 0) is 4.74 Å². The average Bonchev–Trinajstić information content (AvgIpc) is 2.46. The largest absolute Gasteiger partial charge is 0.377 e. The Morgan fingerprint density at radius 2 is 2.24 bits per heavy atom. The molecule has 2 rings (SSSR count). The molecule has 0 aliphatic carbocycles. The number of piperidine rings is 1. The van der Waals surface area contributed by atoms with Crippen molar-refractivity contribution in [3.8, 4) is 0 Å². The van der Waals surface area contributed by atoms with E-state index in [2.05, 4.69) is 17.2 Å². The lowest BCUT2D eigenvalue weighted by Gasteiger charge is -2.39. The minimum absolute atomic E-state index is 0.0228. The molecule has 1 saturated heterocycles. The van der Waals surface area contributed by atoms with Gasteiger partial charge in [-0.2, -0.15) is 0 Å². The number of aromatic nitrogens is 1. The van der Waals surface area contributed by atoms with E-state index < -0.39 is 0 Å². The third kappa shape index (κ3) is 3.94. The number of ether oxygens (including phenoxy) is 1. The molecule has 5 nitrogen and oxygen atoms in total. The van der Waals surface area contributed by atoms with Crippen molar-refractivity contribution >= 4 is 11.7 Å². The predicted molar refractivity (Wildman–Crippen MR) is 83.5 cm³/mol. The molecule has 0 radical (unpaired) electrons. The summed E-state index contributed by atoms with van der Waals surface area (Å²) in [5.41, 5.74) is 0.239. The lowest BCUT2D eigenvalue weighted by Crippen LogP contribution is -2.49. The zero-order valence-corrected chi connectivity index (χ0v) is 13.3. The number of rotatable bonds is 4. The second-order valence-electron chi connectivity index (χ2n) is 6.19. The first kappa shape index (κ1) is 15.8. The van der Waals surface area contributed by atoms with Gasteiger partial charge in [0.2, 0.25) is 0 Å². The molecule has 1 aliphatic heterocycles. The van der Waals surface area contributed by atoms with E-state index >= 15 is 0 Å². The number of likely N-dealkylation sites (tertiary alicyclic amines) is 1. The number of hydrogen-bond acceptors (Lipinski definition) is 4. The normalized spacial score (nSPS) is 22.4. The summed E-state index contributed by atoms with van der Waals surface area (Å²) in [6.07, 6.45) is 1.94. The Labute approximate surface area is 126 Å². The number of methoxy groups -OCH3 is 1. The summed E-state index contributed by atoms with van der Waals surface area (Å²) in [4.78, 5) is 18.9. The maximum atomic E-state index is 12.6. The molecular weight excluding hydrogens is 266 g/mol. The lowest BCUT2D eigenvalue weighted by atomic mass is 9.94. The van der Waals surface area contributed by atoms with Crippen LogP contribution in [0.15, 0.2) is 18.2 Å². The number of nitrogens with one attached hydrogen (secondary N) is 1. The van der Waals surface area contributed by atoms with Crippen molar-refractivity contribution in [3.63, 3.8) is 0 Å². The fraction of sp³-hybridized carbons (Fsp3) is 0.625. The molecule has 1 unspecified atom stereocenters. The molecule has 0 aromatic carbocycles. The van der Waals surface area contributed by atoms with Crippen LogP contribution in [0.2, 0.25) is 0 Å². The van der Waals surface area contributed by atoms with Crippen molar-refractivity contribution in [1.29, 1.82) is 0 Å². The van der Waals surface area contributed by atoms with Crippen LogP contribution in [0.1, 0.15) is 44.1 Å². The van der Waals surface area contributed by atoms with Gasteiger partial charge in [0, 0.05) is 26.2 Å². The topological polar surface area (TPSA) is 54.5 Å². The number of amides is 1. The maximum absolute atomic E-state index is 12.6. The highest BCUT2D eigenvalue weighted by atomic mass is 16.5. The standard InChI is InChI=1S/C16H25N3O2/c1-12(2)17-14-8-5-7-13(18-14)15(20)19-10-6-9-16(3,11-19)21-4/h5,7-8,12H,6,9-11H2,1-4H3,(H,17,18). The minimum Gasteiger partial charge on any atom is -0.377 e. The Morgan fingerprint density at radius 1 is 1.48 bits per heavy atom. The van der Waals surface area contributed by atoms with Crippen molar-refractivity contribution in [1.82, 2.24) is 9.88 Å². The van der Waals surface area contributed by atoms with Gasteiger partial charge in [-0.1, -0.05) is 6.07 Å². The van der Waals surface area contributed by atoms with Crippen LogP contribution in [-0.4, -0.2) is 47.6 Å². The van der Waals surface area contributed by atoms with Gasteiger partial charge in [0.25, 0.3) is 5.91 Å². The summed E-state index contributed by atoms with van der Waals surface area (Å²) in [5, 5.41) is 3.22. The number of nitrogens with zero attached hydrogens (tertiary/aromatic N) is 2. The van der Waals surface area contributed by atoms with Gasteiger partial charge in [0.1, 0.15) is 11.5 Å². The maximum Gasteiger partial charge on any atom is 0.272 e. The summed E-state index contributed by atoms with van der Waals surface area (Å²) >= 11 is 0. The fourth-order valence-corrected chi connectivity index (χ4v) is 2.64. The molecule has 1 amide bonds. The van der Waals surface area contributed by atoms with Crippen LogP contribution >= 0.6 is 0 Å². The monoisotopic (exact) mass is 291 g/mol. The van der Waals surface area contributed by atoms with E-state index in [9.17, 15) is 4.79 Å². The van der Waals surface area contributed by atoms with E-state index in [4.69, 9.17) is 4.74 Å². The molecule has 0 bridgehead atoms. The minimum atomic E-state index is -0.248. The smallest absolute Gasteiger partial charge is 0.272 e. The molecule has 0 saturated carbocycles. The van der Waals surface area contributed by atoms with Crippen LogP contribution in [0.5, 0.6) is 0 Å². The van der Waals surface area contributed by atoms with E-state index in [1.54, 1.807) is 13.2 Å². The van der Waals surface area contributed by atoms with Crippen molar-refractivity contribution in [3.05, 3.63) is 23.9 Å². The van der Waals surface area contributed by atoms with Gasteiger partial charge in [0.05, 0.1) is 5.60 Å². The van der Waals surface area contributed by atoms with Crippen LogP contribution in [0.25, 0.3) is 0 Å². The van der Waals surface area contributed by atoms with Gasteiger partial charge in [-0.15, -0.1) is 0 Å². The molecule has 5 heteroatoms. The highest BCUT2D eigenvalue weighted by molar-refractivity contribution is 5.92. The number of anilines is 1. The van der Waals surface area contributed by atoms with E-state index in [1.807, 2.05) is 30.9 Å². The summed E-state index contributed by atoms with van der Waals surface area (Å²) in [6.45, 7) is 7.53. The molecule has 1 aliphatic rings. The molecule has 2 heterocycles. The molecule has 1 atom stereocenters. The second kappa shape index (κ2) is 6.43. The summed E-state index contributed by atoms with van der Waals surface area (Å²) < 4.78 is 5.54. The van der Waals surface area contributed by atoms with E-state index in [1.165, 1.54) is 0 Å². The van der Waals surface area contributed by atoms with Gasteiger partial charge in [-0.25, -0.2) is 4.98 Å². The first-order valence-electron chi connectivity index (χ1n) is 7.51. The Kier molecular flexibility index (Phi) is 4.83. The van der Waals surface area contributed by atoms with Gasteiger partial charge in [-0.05, 0) is 45.7 Å². The van der Waals surface area contributed by atoms with Gasteiger partial charge < -0.3 is 15.0 Å². The quantitative estimate of drug-likeness (QED) is 0.926. The SMILES string of the molecule is COC1(C)CCCN(C(=O)c2cccc(NC(C)C)n2)C1. The molecule has 116 valence electrons. The van der Waals surface area contributed by atoms with Crippen molar-refractivity contribution in [2.75, 3.05) is 25.5 Å². The van der Waals surface area contributed by atoms with Crippen LogP contribution in [0.3, 0.4) is 0 Å². The van der Waals surface area contributed by atoms with Crippen LogP contribution in [0, 0.1) is 0 Å². The molecule has 1 fully saturated rings. The first-order valence-corrected chi connectivity index (χ1v) is 7.51. The molecule has 0 spiro atoms. The zero-order chi connectivity index (χ0) is 15.5. The molecule has 21 heavy (non-hydrogen) atoms. The third-order valence-corrected chi connectivity index (χ3v) is 3.84. The zero-order valence-electron chi connectivity index (χ0n) is 13.3. The van der Waals surface area contributed by atoms with Crippen LogP contribution in [0.4, 0.5) is 5.82 Å². The molecular formula is C16H25N3O2. The molecule has 1 N–H and O–H groups in total. The fourth-order valence-electron chi connectivity index (χ4n) is 2.64. The van der Waals surface area contributed by atoms with Crippen LogP contribution < -0.4 is 5.32 Å². The molecule has 1 aromatic rings. The summed E-state index contributed by atoms with van der Waals surface area (Å²) in [7, 11) is 1.71. The van der Waals surface area contributed by atoms with Gasteiger partial charge in [0.15, 0.2) is 0 Å². The third-order valence-electron chi connectivity index (χ3n) is 3.84. The number of carbonyl (C=O) groups is 1. The van der Waals surface area contributed by atoms with Gasteiger partial charge >= 0.3 is 0 Å². The highest BCUT2D eigenvalue weighted by Crippen LogP contribution is 2.25. The predicted octanol–water partition coefficient (Wildman–Crippen LogP) is 2.54. The lowest BCUT2D eigenvalue weighted by molar-refractivity contribution is -0.0441. The van der Waals surface area contributed by atoms with E-state index in [0.717, 1.165) is 25.2 Å². The Balaban J connectivity index is 2.12. The van der Waals surface area contributed by atoms with Gasteiger partial charge in [-0.3, -0.25) is 4.79 Å². The summed E-state index contributed by atoms with van der Waals surface area (Å²) in [5.74, 6) is 0.716. The van der Waals surface area contributed by atoms with Crippen molar-refractivity contribution in [2.45, 2.75) is 45.3 Å². The van der Waals surface area contributed by atoms with E-state index in [0.29, 0.717) is 12.2 Å². The number of carbonyl (C=O) groups excluding carboxylic acids is 1. The Morgan fingerprint density at radius 3 is 2.90 bits per heavy atom. The van der Waals surface area contributed by atoms with E-state index in [-0.39, 0.29) is 17.6 Å².